The predicted octanol–water partition coefficient (Wildman–Crippen LogP) is 2.42. The molecule has 23 heavy (non-hydrogen) atoms. The molecule has 0 amide bonds. The minimum atomic E-state index is 0.753. The van der Waals surface area contributed by atoms with Gasteiger partial charge in [-0.1, -0.05) is 6.42 Å². The Morgan fingerprint density at radius 1 is 1.39 bits per heavy atom. The van der Waals surface area contributed by atoms with Crippen molar-refractivity contribution in [1.29, 1.82) is 0 Å². The van der Waals surface area contributed by atoms with E-state index in [-0.39, 0.29) is 0 Å². The van der Waals surface area contributed by atoms with Crippen LogP contribution in [0.25, 0.3) is 0 Å². The van der Waals surface area contributed by atoms with Gasteiger partial charge in [0.2, 0.25) is 0 Å². The fraction of sp³-hybridized carbons (Fsp3) is 0.765. The summed E-state index contributed by atoms with van der Waals surface area (Å²) in [6.07, 6.45) is 6.21. The number of piperidine rings is 1. The Hall–Kier alpha value is -1.14. The molecule has 0 radical (unpaired) electrons. The van der Waals surface area contributed by atoms with Gasteiger partial charge in [0.25, 0.3) is 0 Å². The maximum absolute atomic E-state index is 4.48. The highest BCUT2D eigenvalue weighted by molar-refractivity contribution is 7.09. The Bertz CT molecular complexity index is 485. The normalized spacial score (nSPS) is 19.8. The highest BCUT2D eigenvalue weighted by atomic mass is 32.1. The van der Waals surface area contributed by atoms with Crippen molar-refractivity contribution in [1.82, 2.24) is 20.5 Å². The van der Waals surface area contributed by atoms with Crippen molar-refractivity contribution in [3.63, 3.8) is 0 Å². The molecule has 1 aromatic heterocycles. The number of hydrogen-bond acceptors (Lipinski definition) is 4. The molecule has 1 aliphatic rings. The summed E-state index contributed by atoms with van der Waals surface area (Å²) in [6.45, 7) is 8.69. The van der Waals surface area contributed by atoms with E-state index < -0.39 is 0 Å². The second-order valence-corrected chi connectivity index (χ2v) is 7.33. The standard InChI is InChI=1S/C17H31N5S/c1-14-7-4-5-11-22(14)12-6-9-19-17(18-3)20-10-8-16-13-23-15(2)21-16/h13-14H,4-12H2,1-3H3,(H2,18,19,20). The SMILES string of the molecule is CN=C(NCCCN1CCCCC1C)NCCc1csc(C)n1. The molecule has 0 aromatic carbocycles. The molecule has 1 fully saturated rings. The third-order valence-electron chi connectivity index (χ3n) is 4.42. The van der Waals surface area contributed by atoms with E-state index >= 15 is 0 Å². The number of nitrogens with zero attached hydrogens (tertiary/aromatic N) is 3. The van der Waals surface area contributed by atoms with E-state index in [2.05, 4.69) is 37.8 Å². The smallest absolute Gasteiger partial charge is 0.190 e. The van der Waals surface area contributed by atoms with Crippen LogP contribution in [0.5, 0.6) is 0 Å². The van der Waals surface area contributed by atoms with Gasteiger partial charge in [-0.3, -0.25) is 4.99 Å². The summed E-state index contributed by atoms with van der Waals surface area (Å²) in [5.74, 6) is 0.892. The first-order chi connectivity index (χ1) is 11.2. The zero-order chi connectivity index (χ0) is 16.5. The number of aryl methyl sites for hydroxylation is 1. The third-order valence-corrected chi connectivity index (χ3v) is 5.24. The van der Waals surface area contributed by atoms with E-state index in [9.17, 15) is 0 Å². The van der Waals surface area contributed by atoms with Gasteiger partial charge in [-0.15, -0.1) is 11.3 Å². The van der Waals surface area contributed by atoms with Crippen LogP contribution in [-0.4, -0.2) is 55.1 Å². The van der Waals surface area contributed by atoms with Crippen molar-refractivity contribution in [2.24, 2.45) is 4.99 Å². The predicted molar refractivity (Wildman–Crippen MR) is 99.4 cm³/mol. The summed E-state index contributed by atoms with van der Waals surface area (Å²) in [5, 5.41) is 10.0. The molecular formula is C17H31N5S. The molecule has 130 valence electrons. The van der Waals surface area contributed by atoms with Crippen LogP contribution in [0, 0.1) is 6.92 Å². The minimum Gasteiger partial charge on any atom is -0.356 e. The van der Waals surface area contributed by atoms with Crippen molar-refractivity contribution in [2.75, 3.05) is 33.2 Å². The highest BCUT2D eigenvalue weighted by Crippen LogP contribution is 2.16. The monoisotopic (exact) mass is 337 g/mol. The number of hydrogen-bond donors (Lipinski definition) is 2. The van der Waals surface area contributed by atoms with Gasteiger partial charge < -0.3 is 15.5 Å². The number of rotatable bonds is 7. The van der Waals surface area contributed by atoms with Gasteiger partial charge in [-0.25, -0.2) is 4.98 Å². The molecule has 0 saturated carbocycles. The number of likely N-dealkylation sites (tertiary alicyclic amines) is 1. The quantitative estimate of drug-likeness (QED) is 0.456. The average molecular weight is 338 g/mol. The number of thiazole rings is 1. The largest absolute Gasteiger partial charge is 0.356 e. The first-order valence-electron chi connectivity index (χ1n) is 8.78. The summed E-state index contributed by atoms with van der Waals surface area (Å²) in [4.78, 5) is 11.4. The number of nitrogens with one attached hydrogen (secondary N) is 2. The summed E-state index contributed by atoms with van der Waals surface area (Å²) < 4.78 is 0. The van der Waals surface area contributed by atoms with E-state index in [1.165, 1.54) is 32.4 Å². The molecular weight excluding hydrogens is 306 g/mol. The van der Waals surface area contributed by atoms with Crippen molar-refractivity contribution >= 4 is 17.3 Å². The van der Waals surface area contributed by atoms with Gasteiger partial charge in [0.15, 0.2) is 5.96 Å². The molecule has 1 aliphatic heterocycles. The summed E-state index contributed by atoms with van der Waals surface area (Å²) in [6, 6.07) is 0.753. The van der Waals surface area contributed by atoms with E-state index in [1.807, 2.05) is 14.0 Å². The third kappa shape index (κ3) is 6.47. The average Bonchev–Trinajstić information content (AvgIpc) is 2.96. The number of guanidine groups is 1. The molecule has 0 aliphatic carbocycles. The van der Waals surface area contributed by atoms with Crippen LogP contribution in [0.15, 0.2) is 10.4 Å². The molecule has 1 saturated heterocycles. The van der Waals surface area contributed by atoms with Crippen LogP contribution in [-0.2, 0) is 6.42 Å². The lowest BCUT2D eigenvalue weighted by Crippen LogP contribution is -2.41. The summed E-state index contributed by atoms with van der Waals surface area (Å²) >= 11 is 1.71. The highest BCUT2D eigenvalue weighted by Gasteiger charge is 2.17. The van der Waals surface area contributed by atoms with Crippen molar-refractivity contribution < 1.29 is 0 Å². The van der Waals surface area contributed by atoms with Gasteiger partial charge in [-0.05, 0) is 39.7 Å². The van der Waals surface area contributed by atoms with Gasteiger partial charge in [0, 0.05) is 44.5 Å². The van der Waals surface area contributed by atoms with Gasteiger partial charge in [0.05, 0.1) is 10.7 Å². The second-order valence-electron chi connectivity index (χ2n) is 6.27. The van der Waals surface area contributed by atoms with Crippen LogP contribution in [0.2, 0.25) is 0 Å². The van der Waals surface area contributed by atoms with E-state index in [1.54, 1.807) is 11.3 Å². The van der Waals surface area contributed by atoms with E-state index in [4.69, 9.17) is 0 Å². The topological polar surface area (TPSA) is 52.6 Å². The summed E-state index contributed by atoms with van der Waals surface area (Å²) in [5.41, 5.74) is 1.16. The van der Waals surface area contributed by atoms with Crippen LogP contribution >= 0.6 is 11.3 Å². The Balaban J connectivity index is 1.57. The fourth-order valence-corrected chi connectivity index (χ4v) is 3.68. The zero-order valence-electron chi connectivity index (χ0n) is 14.8. The molecule has 1 aromatic rings. The lowest BCUT2D eigenvalue weighted by Gasteiger charge is -2.33. The van der Waals surface area contributed by atoms with Crippen molar-refractivity contribution in [3.05, 3.63) is 16.1 Å². The Morgan fingerprint density at radius 2 is 2.22 bits per heavy atom. The Morgan fingerprint density at radius 3 is 2.91 bits per heavy atom. The van der Waals surface area contributed by atoms with Crippen molar-refractivity contribution in [2.45, 2.75) is 52.0 Å². The lowest BCUT2D eigenvalue weighted by molar-refractivity contribution is 0.159. The molecule has 0 bridgehead atoms. The van der Waals surface area contributed by atoms with Gasteiger partial charge in [0.1, 0.15) is 0 Å². The fourth-order valence-electron chi connectivity index (χ4n) is 3.03. The van der Waals surface area contributed by atoms with E-state index in [0.717, 1.165) is 48.6 Å². The maximum atomic E-state index is 4.48. The summed E-state index contributed by atoms with van der Waals surface area (Å²) in [7, 11) is 1.83. The zero-order valence-corrected chi connectivity index (χ0v) is 15.6. The Labute approximate surface area is 144 Å². The molecule has 1 atom stereocenters. The van der Waals surface area contributed by atoms with Gasteiger partial charge in [-0.2, -0.15) is 0 Å². The first kappa shape index (κ1) is 18.2. The van der Waals surface area contributed by atoms with Crippen LogP contribution in [0.4, 0.5) is 0 Å². The minimum absolute atomic E-state index is 0.753. The first-order valence-corrected chi connectivity index (χ1v) is 9.66. The molecule has 1 unspecified atom stereocenters. The second kappa shape index (κ2) is 9.88. The lowest BCUT2D eigenvalue weighted by atomic mass is 10.0. The van der Waals surface area contributed by atoms with Gasteiger partial charge >= 0.3 is 0 Å². The number of aromatic nitrogens is 1. The molecule has 2 rings (SSSR count). The number of aliphatic imine (C=N–C) groups is 1. The van der Waals surface area contributed by atoms with Crippen LogP contribution < -0.4 is 10.6 Å². The van der Waals surface area contributed by atoms with Crippen LogP contribution in [0.3, 0.4) is 0 Å². The maximum Gasteiger partial charge on any atom is 0.190 e. The molecule has 6 heteroatoms. The Kier molecular flexibility index (Phi) is 7.82. The molecule has 2 heterocycles. The molecule has 5 nitrogen and oxygen atoms in total. The van der Waals surface area contributed by atoms with Crippen molar-refractivity contribution in [3.8, 4) is 0 Å². The van der Waals surface area contributed by atoms with Crippen LogP contribution in [0.1, 0.15) is 43.3 Å². The molecule has 2 N–H and O–H groups in total. The molecule has 0 spiro atoms. The van der Waals surface area contributed by atoms with E-state index in [0.29, 0.717) is 0 Å².